The van der Waals surface area contributed by atoms with Gasteiger partial charge in [0.05, 0.1) is 0 Å². The van der Waals surface area contributed by atoms with E-state index in [1.807, 2.05) is 41.2 Å². The van der Waals surface area contributed by atoms with Crippen molar-refractivity contribution in [2.75, 3.05) is 11.5 Å². The van der Waals surface area contributed by atoms with Gasteiger partial charge in [-0.2, -0.15) is 0 Å². The fraction of sp³-hybridized carbons (Fsp3) is 1.00. The first kappa shape index (κ1) is 7.51. The van der Waals surface area contributed by atoms with E-state index < -0.39 is 0 Å². The molecule has 0 aromatic carbocycles. The quantitative estimate of drug-likeness (QED) is 0.529. The van der Waals surface area contributed by atoms with Crippen molar-refractivity contribution >= 4 is 41.2 Å². The van der Waals surface area contributed by atoms with Crippen molar-refractivity contribution < 1.29 is 0 Å². The van der Waals surface area contributed by atoms with Crippen molar-refractivity contribution in [3.05, 3.63) is 0 Å². The van der Waals surface area contributed by atoms with Crippen molar-refractivity contribution in [2.45, 2.75) is 12.8 Å². The highest BCUT2D eigenvalue weighted by molar-refractivity contribution is 9.26. The van der Waals surface area contributed by atoms with Gasteiger partial charge >= 0.3 is 0 Å². The van der Waals surface area contributed by atoms with Crippen molar-refractivity contribution in [1.82, 2.24) is 0 Å². The first-order valence-corrected chi connectivity index (χ1v) is 7.73. The van der Waals surface area contributed by atoms with E-state index in [4.69, 9.17) is 0 Å². The fourth-order valence-corrected chi connectivity index (χ4v) is 6.69. The summed E-state index contributed by atoms with van der Waals surface area (Å²) in [5, 5.41) is 0. The third-order valence-corrected chi connectivity index (χ3v) is 7.46. The molecule has 0 spiro atoms. The van der Waals surface area contributed by atoms with Crippen LogP contribution in [-0.2, 0) is 0 Å². The van der Waals surface area contributed by atoms with Gasteiger partial charge in [0.25, 0.3) is 0 Å². The predicted octanol–water partition coefficient (Wildman–Crippen LogP) is 3.46. The average molecular weight is 184 g/mol. The molecule has 0 aliphatic carbocycles. The van der Waals surface area contributed by atoms with E-state index in [1.165, 1.54) is 24.3 Å². The van der Waals surface area contributed by atoms with Crippen LogP contribution in [0.25, 0.3) is 0 Å². The van der Waals surface area contributed by atoms with Crippen LogP contribution < -0.4 is 0 Å². The van der Waals surface area contributed by atoms with Crippen LogP contribution in [0.3, 0.4) is 0 Å². The summed E-state index contributed by atoms with van der Waals surface area (Å²) in [5.41, 5.74) is 0. The molecule has 1 aliphatic heterocycles. The zero-order valence-electron chi connectivity index (χ0n) is 4.46. The minimum Gasteiger partial charge on any atom is -0.0817 e. The van der Waals surface area contributed by atoms with Crippen LogP contribution in [0, 0.1) is 0 Å². The highest BCUT2D eigenvalue weighted by Crippen LogP contribution is 2.45. The average Bonchev–Trinajstić information content (AvgIpc) is 1.62. The van der Waals surface area contributed by atoms with Gasteiger partial charge in [-0.25, -0.2) is 0 Å². The molecule has 1 fully saturated rings. The second-order valence-corrected chi connectivity index (χ2v) is 7.73. The van der Waals surface area contributed by atoms with Crippen molar-refractivity contribution in [1.29, 1.82) is 0 Å². The van der Waals surface area contributed by atoms with Gasteiger partial charge in [-0.3, -0.25) is 0 Å². The Morgan fingerprint density at radius 2 is 1.25 bits per heavy atom. The first-order chi connectivity index (χ1) is 4.00. The SMILES string of the molecule is C1CCSSSSC1. The van der Waals surface area contributed by atoms with E-state index in [9.17, 15) is 0 Å². The van der Waals surface area contributed by atoms with Crippen LogP contribution in [0.15, 0.2) is 0 Å². The van der Waals surface area contributed by atoms with Crippen molar-refractivity contribution in [3.8, 4) is 0 Å². The molecule has 0 radical (unpaired) electrons. The molecule has 0 saturated carbocycles. The van der Waals surface area contributed by atoms with Crippen LogP contribution in [-0.4, -0.2) is 11.5 Å². The number of hydrogen-bond acceptors (Lipinski definition) is 4. The van der Waals surface area contributed by atoms with E-state index in [1.54, 1.807) is 0 Å². The van der Waals surface area contributed by atoms with E-state index in [-0.39, 0.29) is 0 Å². The summed E-state index contributed by atoms with van der Waals surface area (Å²) in [4.78, 5) is 0. The maximum atomic E-state index is 1.99. The van der Waals surface area contributed by atoms with E-state index in [0.717, 1.165) is 0 Å². The van der Waals surface area contributed by atoms with Gasteiger partial charge in [0.1, 0.15) is 0 Å². The molecule has 0 bridgehead atoms. The maximum absolute atomic E-state index is 1.99. The largest absolute Gasteiger partial charge is 0.0817 e. The summed E-state index contributed by atoms with van der Waals surface area (Å²) in [5.74, 6) is 2.69. The third kappa shape index (κ3) is 3.43. The molecule has 8 heavy (non-hydrogen) atoms. The van der Waals surface area contributed by atoms with Gasteiger partial charge in [0.2, 0.25) is 0 Å². The Morgan fingerprint density at radius 1 is 0.750 bits per heavy atom. The summed E-state index contributed by atoms with van der Waals surface area (Å²) in [6, 6.07) is 0. The lowest BCUT2D eigenvalue weighted by atomic mass is 10.4. The van der Waals surface area contributed by atoms with E-state index in [2.05, 4.69) is 0 Å². The van der Waals surface area contributed by atoms with E-state index in [0.29, 0.717) is 0 Å². The van der Waals surface area contributed by atoms with Crippen LogP contribution in [0.2, 0.25) is 0 Å². The first-order valence-electron chi connectivity index (χ1n) is 2.58. The molecule has 0 atom stereocenters. The molecule has 1 rings (SSSR count). The molecule has 0 unspecified atom stereocenters. The zero-order chi connectivity index (χ0) is 5.66. The predicted molar refractivity (Wildman–Crippen MR) is 49.3 cm³/mol. The fourth-order valence-electron chi connectivity index (χ4n) is 0.429. The lowest BCUT2D eigenvalue weighted by Gasteiger charge is -2.03. The van der Waals surface area contributed by atoms with Gasteiger partial charge in [-0.1, -0.05) is 21.6 Å². The molecule has 0 amide bonds. The molecule has 1 aliphatic rings. The Hall–Kier alpha value is 1.40. The maximum Gasteiger partial charge on any atom is 0.00457 e. The Kier molecular flexibility index (Phi) is 4.88. The summed E-state index contributed by atoms with van der Waals surface area (Å²) < 4.78 is 0. The lowest BCUT2D eigenvalue weighted by Crippen LogP contribution is -1.81. The molecule has 1 saturated heterocycles. The van der Waals surface area contributed by atoms with Gasteiger partial charge in [0, 0.05) is 11.5 Å². The molecular weight excluding hydrogens is 176 g/mol. The summed E-state index contributed by atoms with van der Waals surface area (Å²) in [6.07, 6.45) is 2.82. The van der Waals surface area contributed by atoms with Gasteiger partial charge in [-0.05, 0) is 32.5 Å². The smallest absolute Gasteiger partial charge is 0.00457 e. The Balaban J connectivity index is 2.00. The molecular formula is C4H8S4. The van der Waals surface area contributed by atoms with Crippen LogP contribution in [0.1, 0.15) is 12.8 Å². The molecule has 48 valence electrons. The third-order valence-electron chi connectivity index (χ3n) is 0.829. The van der Waals surface area contributed by atoms with E-state index >= 15 is 0 Å². The van der Waals surface area contributed by atoms with Gasteiger partial charge < -0.3 is 0 Å². The number of rotatable bonds is 0. The van der Waals surface area contributed by atoms with Crippen molar-refractivity contribution in [3.63, 3.8) is 0 Å². The Bertz CT molecular complexity index is 32.0. The number of hydrogen-bond donors (Lipinski definition) is 0. The minimum absolute atomic E-state index is 1.35. The minimum atomic E-state index is 1.35. The summed E-state index contributed by atoms with van der Waals surface area (Å²) >= 11 is 0. The molecule has 0 aromatic heterocycles. The second-order valence-electron chi connectivity index (χ2n) is 1.49. The van der Waals surface area contributed by atoms with Crippen LogP contribution in [0.5, 0.6) is 0 Å². The monoisotopic (exact) mass is 184 g/mol. The molecule has 0 nitrogen and oxygen atoms in total. The Morgan fingerprint density at radius 3 is 1.75 bits per heavy atom. The molecule has 4 heteroatoms. The Labute approximate surface area is 65.5 Å². The molecule has 0 aromatic rings. The van der Waals surface area contributed by atoms with Gasteiger partial charge in [0.15, 0.2) is 0 Å². The topological polar surface area (TPSA) is 0 Å². The highest BCUT2D eigenvalue weighted by Gasteiger charge is 1.97. The highest BCUT2D eigenvalue weighted by atomic mass is 33.7. The van der Waals surface area contributed by atoms with Gasteiger partial charge in [-0.15, -0.1) is 0 Å². The second kappa shape index (κ2) is 5.21. The standard InChI is InChI=1S/C4H8S4/c1-2-4-6-8-7-5-3-1/h1-4H2. The normalized spacial score (nSPS) is 24.0. The molecule has 0 N–H and O–H groups in total. The summed E-state index contributed by atoms with van der Waals surface area (Å²) in [6.45, 7) is 0. The summed E-state index contributed by atoms with van der Waals surface area (Å²) in [7, 11) is 7.83. The molecule has 1 heterocycles. The lowest BCUT2D eigenvalue weighted by molar-refractivity contribution is 0.911. The van der Waals surface area contributed by atoms with Crippen molar-refractivity contribution in [2.24, 2.45) is 0 Å². The zero-order valence-corrected chi connectivity index (χ0v) is 7.73. The van der Waals surface area contributed by atoms with Crippen LogP contribution in [0.4, 0.5) is 0 Å². The van der Waals surface area contributed by atoms with Crippen LogP contribution >= 0.6 is 41.2 Å².